The summed E-state index contributed by atoms with van der Waals surface area (Å²) in [4.78, 5) is 10.9. The summed E-state index contributed by atoms with van der Waals surface area (Å²) < 4.78 is 40.2. The SMILES string of the molecule is CCOCC(=O)NC(C)CC(F)(F)F. The molecule has 1 amide bonds. The van der Waals surface area contributed by atoms with Crippen LogP contribution in [-0.4, -0.2) is 31.3 Å². The number of hydrogen-bond acceptors (Lipinski definition) is 2. The van der Waals surface area contributed by atoms with Gasteiger partial charge in [-0.25, -0.2) is 0 Å². The lowest BCUT2D eigenvalue weighted by molar-refractivity contribution is -0.142. The first kappa shape index (κ1) is 13.2. The molecule has 0 aromatic carbocycles. The molecule has 0 fully saturated rings. The summed E-state index contributed by atoms with van der Waals surface area (Å²) in [6, 6.07) is -0.914. The first-order valence-corrected chi connectivity index (χ1v) is 4.29. The smallest absolute Gasteiger partial charge is 0.372 e. The van der Waals surface area contributed by atoms with Crippen molar-refractivity contribution < 1.29 is 22.7 Å². The maximum atomic E-state index is 11.8. The van der Waals surface area contributed by atoms with Gasteiger partial charge in [-0.3, -0.25) is 4.79 Å². The molecular formula is C8H14F3NO2. The molecule has 0 aliphatic carbocycles. The number of carbonyl (C=O) groups excluding carboxylic acids is 1. The lowest BCUT2D eigenvalue weighted by atomic mass is 10.2. The minimum absolute atomic E-state index is 0.196. The molecule has 1 atom stereocenters. The van der Waals surface area contributed by atoms with Crippen molar-refractivity contribution in [3.63, 3.8) is 0 Å². The van der Waals surface area contributed by atoms with Gasteiger partial charge in [-0.2, -0.15) is 13.2 Å². The molecular weight excluding hydrogens is 199 g/mol. The van der Waals surface area contributed by atoms with Crippen LogP contribution >= 0.6 is 0 Å². The van der Waals surface area contributed by atoms with Gasteiger partial charge in [-0.05, 0) is 13.8 Å². The zero-order valence-electron chi connectivity index (χ0n) is 8.15. The lowest BCUT2D eigenvalue weighted by Crippen LogP contribution is -2.38. The Bertz CT molecular complexity index is 182. The standard InChI is InChI=1S/C8H14F3NO2/c1-3-14-5-7(13)12-6(2)4-8(9,10)11/h6H,3-5H2,1-2H3,(H,12,13). The summed E-state index contributed by atoms with van der Waals surface area (Å²) in [5, 5.41) is 2.19. The van der Waals surface area contributed by atoms with Gasteiger partial charge >= 0.3 is 6.18 Å². The van der Waals surface area contributed by atoms with Crippen molar-refractivity contribution in [3.8, 4) is 0 Å². The average molecular weight is 213 g/mol. The van der Waals surface area contributed by atoms with Crippen LogP contribution in [0.3, 0.4) is 0 Å². The summed E-state index contributed by atoms with van der Waals surface area (Å²) in [7, 11) is 0. The van der Waals surface area contributed by atoms with Crippen molar-refractivity contribution in [2.24, 2.45) is 0 Å². The minimum atomic E-state index is -4.25. The Kier molecular flexibility index (Phi) is 5.52. The van der Waals surface area contributed by atoms with Gasteiger partial charge in [0.25, 0.3) is 0 Å². The van der Waals surface area contributed by atoms with E-state index in [0.29, 0.717) is 6.61 Å². The summed E-state index contributed by atoms with van der Waals surface area (Å²) in [5.74, 6) is -0.524. The van der Waals surface area contributed by atoms with Gasteiger partial charge in [-0.1, -0.05) is 0 Å². The molecule has 0 bridgehead atoms. The molecule has 0 aromatic rings. The van der Waals surface area contributed by atoms with Crippen molar-refractivity contribution in [1.29, 1.82) is 0 Å². The van der Waals surface area contributed by atoms with Crippen LogP contribution in [0.5, 0.6) is 0 Å². The Morgan fingerprint density at radius 3 is 2.50 bits per heavy atom. The molecule has 0 aliphatic rings. The maximum Gasteiger partial charge on any atom is 0.391 e. The predicted molar refractivity (Wildman–Crippen MR) is 44.8 cm³/mol. The number of hydrogen-bond donors (Lipinski definition) is 1. The number of amides is 1. The van der Waals surface area contributed by atoms with E-state index in [1.807, 2.05) is 0 Å². The quantitative estimate of drug-likeness (QED) is 0.751. The Labute approximate surface area is 80.6 Å². The molecule has 3 nitrogen and oxygen atoms in total. The third-order valence-electron chi connectivity index (χ3n) is 1.38. The normalized spacial score (nSPS) is 13.8. The van der Waals surface area contributed by atoms with Crippen molar-refractivity contribution in [2.45, 2.75) is 32.5 Å². The van der Waals surface area contributed by atoms with E-state index >= 15 is 0 Å². The molecule has 0 heterocycles. The van der Waals surface area contributed by atoms with Crippen molar-refractivity contribution in [2.75, 3.05) is 13.2 Å². The monoisotopic (exact) mass is 213 g/mol. The fourth-order valence-corrected chi connectivity index (χ4v) is 0.909. The fourth-order valence-electron chi connectivity index (χ4n) is 0.909. The molecule has 0 radical (unpaired) electrons. The number of ether oxygens (including phenoxy) is 1. The van der Waals surface area contributed by atoms with Crippen LogP contribution in [0, 0.1) is 0 Å². The van der Waals surface area contributed by atoms with Gasteiger partial charge in [0.1, 0.15) is 6.61 Å². The van der Waals surface area contributed by atoms with E-state index in [-0.39, 0.29) is 6.61 Å². The van der Waals surface area contributed by atoms with Gasteiger partial charge < -0.3 is 10.1 Å². The van der Waals surface area contributed by atoms with E-state index in [9.17, 15) is 18.0 Å². The van der Waals surface area contributed by atoms with E-state index in [1.54, 1.807) is 6.92 Å². The molecule has 0 rings (SSSR count). The van der Waals surface area contributed by atoms with Crippen LogP contribution in [0.25, 0.3) is 0 Å². The maximum absolute atomic E-state index is 11.8. The number of carbonyl (C=O) groups is 1. The van der Waals surface area contributed by atoms with Crippen LogP contribution in [0.15, 0.2) is 0 Å². The highest BCUT2D eigenvalue weighted by Gasteiger charge is 2.30. The van der Waals surface area contributed by atoms with E-state index in [1.165, 1.54) is 6.92 Å². The van der Waals surface area contributed by atoms with Gasteiger partial charge in [-0.15, -0.1) is 0 Å². The molecule has 1 unspecified atom stereocenters. The molecule has 0 saturated heterocycles. The topological polar surface area (TPSA) is 38.3 Å². The van der Waals surface area contributed by atoms with Gasteiger partial charge in [0.15, 0.2) is 0 Å². The predicted octanol–water partition coefficient (Wildman–Crippen LogP) is 1.48. The lowest BCUT2D eigenvalue weighted by Gasteiger charge is -2.15. The molecule has 0 saturated carbocycles. The summed E-state index contributed by atoms with van der Waals surface area (Å²) >= 11 is 0. The second kappa shape index (κ2) is 5.85. The van der Waals surface area contributed by atoms with E-state index in [4.69, 9.17) is 4.74 Å². The Morgan fingerprint density at radius 2 is 2.07 bits per heavy atom. The van der Waals surface area contributed by atoms with Gasteiger partial charge in [0.2, 0.25) is 5.91 Å². The number of halogens is 3. The molecule has 1 N–H and O–H groups in total. The van der Waals surface area contributed by atoms with Gasteiger partial charge in [0.05, 0.1) is 6.42 Å². The second-order valence-electron chi connectivity index (χ2n) is 2.93. The summed E-state index contributed by atoms with van der Waals surface area (Å²) in [6.07, 6.45) is -5.27. The molecule has 14 heavy (non-hydrogen) atoms. The average Bonchev–Trinajstić information content (AvgIpc) is 1.96. The van der Waals surface area contributed by atoms with Crippen LogP contribution in [0.4, 0.5) is 13.2 Å². The largest absolute Gasteiger partial charge is 0.391 e. The number of alkyl halides is 3. The third kappa shape index (κ3) is 7.85. The highest BCUT2D eigenvalue weighted by molar-refractivity contribution is 5.77. The molecule has 6 heteroatoms. The highest BCUT2D eigenvalue weighted by Crippen LogP contribution is 2.21. The number of rotatable bonds is 5. The van der Waals surface area contributed by atoms with Gasteiger partial charge in [0, 0.05) is 12.6 Å². The molecule has 0 aliphatic heterocycles. The fraction of sp³-hybridized carbons (Fsp3) is 0.875. The van der Waals surface area contributed by atoms with E-state index in [0.717, 1.165) is 0 Å². The summed E-state index contributed by atoms with van der Waals surface area (Å²) in [6.45, 7) is 3.17. The number of nitrogens with one attached hydrogen (secondary N) is 1. The minimum Gasteiger partial charge on any atom is -0.372 e. The Hall–Kier alpha value is -0.780. The van der Waals surface area contributed by atoms with E-state index in [2.05, 4.69) is 5.32 Å². The first-order valence-electron chi connectivity index (χ1n) is 4.29. The van der Waals surface area contributed by atoms with Crippen molar-refractivity contribution in [3.05, 3.63) is 0 Å². The van der Waals surface area contributed by atoms with Crippen LogP contribution in [0.2, 0.25) is 0 Å². The third-order valence-corrected chi connectivity index (χ3v) is 1.38. The molecule has 0 aromatic heterocycles. The first-order chi connectivity index (χ1) is 6.35. The highest BCUT2D eigenvalue weighted by atomic mass is 19.4. The zero-order chi connectivity index (χ0) is 11.2. The Balaban J connectivity index is 3.71. The molecule has 84 valence electrons. The molecule has 0 spiro atoms. The summed E-state index contributed by atoms with van der Waals surface area (Å²) in [5.41, 5.74) is 0. The van der Waals surface area contributed by atoms with Crippen molar-refractivity contribution in [1.82, 2.24) is 5.32 Å². The van der Waals surface area contributed by atoms with Crippen molar-refractivity contribution >= 4 is 5.91 Å². The zero-order valence-corrected chi connectivity index (χ0v) is 8.15. The van der Waals surface area contributed by atoms with Crippen LogP contribution in [0.1, 0.15) is 20.3 Å². The van der Waals surface area contributed by atoms with E-state index < -0.39 is 24.5 Å². The Morgan fingerprint density at radius 1 is 1.50 bits per heavy atom. The van der Waals surface area contributed by atoms with Crippen LogP contribution in [-0.2, 0) is 9.53 Å². The second-order valence-corrected chi connectivity index (χ2v) is 2.93. The van der Waals surface area contributed by atoms with Crippen LogP contribution < -0.4 is 5.32 Å².